The van der Waals surface area contributed by atoms with Gasteiger partial charge in [0.25, 0.3) is 0 Å². The fourth-order valence-corrected chi connectivity index (χ4v) is 3.07. The lowest BCUT2D eigenvalue weighted by atomic mass is 9.66. The maximum absolute atomic E-state index is 4.60. The van der Waals surface area contributed by atoms with Crippen molar-refractivity contribution in [1.29, 1.82) is 0 Å². The van der Waals surface area contributed by atoms with Crippen LogP contribution >= 0.6 is 0 Å². The molecule has 3 rings (SSSR count). The Bertz CT molecular complexity index is 353. The molecule has 1 saturated carbocycles. The van der Waals surface area contributed by atoms with Crippen molar-refractivity contribution in [2.24, 2.45) is 0 Å². The summed E-state index contributed by atoms with van der Waals surface area (Å²) in [5.74, 6) is 0. The molecule has 17 heavy (non-hydrogen) atoms. The summed E-state index contributed by atoms with van der Waals surface area (Å²) in [7, 11) is 0. The Balaban J connectivity index is 1.73. The highest BCUT2D eigenvalue weighted by Crippen LogP contribution is 2.43. The summed E-state index contributed by atoms with van der Waals surface area (Å²) < 4.78 is 0. The third kappa shape index (κ3) is 2.22. The number of piperazine rings is 1. The predicted molar refractivity (Wildman–Crippen MR) is 69.1 cm³/mol. The van der Waals surface area contributed by atoms with Crippen LogP contribution in [0.2, 0.25) is 0 Å². The summed E-state index contributed by atoms with van der Waals surface area (Å²) in [5, 5.41) is 3.42. The van der Waals surface area contributed by atoms with Crippen molar-refractivity contribution < 1.29 is 0 Å². The largest absolute Gasteiger partial charge is 0.314 e. The van der Waals surface area contributed by atoms with Crippen LogP contribution in [-0.4, -0.2) is 42.6 Å². The van der Waals surface area contributed by atoms with Crippen LogP contribution in [0.15, 0.2) is 24.4 Å². The molecule has 0 unspecified atom stereocenters. The number of pyridine rings is 1. The lowest BCUT2D eigenvalue weighted by molar-refractivity contribution is 0.125. The summed E-state index contributed by atoms with van der Waals surface area (Å²) >= 11 is 0. The average molecular weight is 231 g/mol. The van der Waals surface area contributed by atoms with Crippen LogP contribution in [0.4, 0.5) is 0 Å². The quantitative estimate of drug-likeness (QED) is 0.852. The second kappa shape index (κ2) is 4.75. The van der Waals surface area contributed by atoms with Crippen LogP contribution in [-0.2, 0) is 5.41 Å². The number of hydrogen-bond donors (Lipinski definition) is 1. The SMILES string of the molecule is c1ccc(C2(CN3CCNCC3)CCC2)nc1. The van der Waals surface area contributed by atoms with E-state index in [1.54, 1.807) is 0 Å². The molecule has 0 amide bonds. The Morgan fingerprint density at radius 2 is 2.06 bits per heavy atom. The lowest BCUT2D eigenvalue weighted by Crippen LogP contribution is -2.52. The number of aromatic nitrogens is 1. The Kier molecular flexibility index (Phi) is 3.12. The van der Waals surface area contributed by atoms with Crippen LogP contribution in [0.25, 0.3) is 0 Å². The smallest absolute Gasteiger partial charge is 0.0478 e. The molecular weight excluding hydrogens is 210 g/mol. The zero-order valence-electron chi connectivity index (χ0n) is 10.4. The number of rotatable bonds is 3. The van der Waals surface area contributed by atoms with Gasteiger partial charge in [-0.05, 0) is 25.0 Å². The molecule has 2 heterocycles. The molecule has 0 radical (unpaired) electrons. The summed E-state index contributed by atoms with van der Waals surface area (Å²) in [6, 6.07) is 6.35. The first-order valence-corrected chi connectivity index (χ1v) is 6.74. The molecule has 1 aliphatic carbocycles. The number of nitrogens with one attached hydrogen (secondary N) is 1. The van der Waals surface area contributed by atoms with E-state index >= 15 is 0 Å². The van der Waals surface area contributed by atoms with E-state index in [1.165, 1.54) is 44.6 Å². The van der Waals surface area contributed by atoms with Crippen molar-refractivity contribution in [3.8, 4) is 0 Å². The van der Waals surface area contributed by atoms with Crippen LogP contribution in [0, 0.1) is 0 Å². The van der Waals surface area contributed by atoms with E-state index in [0.717, 1.165) is 13.1 Å². The van der Waals surface area contributed by atoms with Crippen molar-refractivity contribution in [2.45, 2.75) is 24.7 Å². The van der Waals surface area contributed by atoms with Gasteiger partial charge in [-0.3, -0.25) is 9.88 Å². The molecule has 1 N–H and O–H groups in total. The first-order valence-electron chi connectivity index (χ1n) is 6.74. The van der Waals surface area contributed by atoms with E-state index in [2.05, 4.69) is 27.3 Å². The minimum atomic E-state index is 0.360. The van der Waals surface area contributed by atoms with Crippen LogP contribution in [0.5, 0.6) is 0 Å². The highest BCUT2D eigenvalue weighted by Gasteiger charge is 2.41. The predicted octanol–water partition coefficient (Wildman–Crippen LogP) is 1.41. The molecular formula is C14H21N3. The lowest BCUT2D eigenvalue weighted by Gasteiger charge is -2.45. The van der Waals surface area contributed by atoms with Gasteiger partial charge in [0, 0.05) is 50.0 Å². The number of nitrogens with zero attached hydrogens (tertiary/aromatic N) is 2. The van der Waals surface area contributed by atoms with Gasteiger partial charge < -0.3 is 5.32 Å². The molecule has 0 atom stereocenters. The third-order valence-electron chi connectivity index (χ3n) is 4.25. The maximum Gasteiger partial charge on any atom is 0.0478 e. The molecule has 0 spiro atoms. The van der Waals surface area contributed by atoms with E-state index in [1.807, 2.05) is 12.3 Å². The standard InChI is InChI=1S/C14H21N3/c1-2-7-16-13(4-1)14(5-3-6-14)12-17-10-8-15-9-11-17/h1-2,4,7,15H,3,5-6,8-12H2. The minimum Gasteiger partial charge on any atom is -0.314 e. The van der Waals surface area contributed by atoms with Gasteiger partial charge in [0.05, 0.1) is 0 Å². The van der Waals surface area contributed by atoms with E-state index in [-0.39, 0.29) is 0 Å². The van der Waals surface area contributed by atoms with E-state index in [0.29, 0.717) is 5.41 Å². The van der Waals surface area contributed by atoms with Crippen LogP contribution in [0.1, 0.15) is 25.0 Å². The fourth-order valence-electron chi connectivity index (χ4n) is 3.07. The second-order valence-corrected chi connectivity index (χ2v) is 5.38. The minimum absolute atomic E-state index is 0.360. The molecule has 0 aromatic carbocycles. The van der Waals surface area contributed by atoms with Gasteiger partial charge in [-0.25, -0.2) is 0 Å². The van der Waals surface area contributed by atoms with E-state index in [9.17, 15) is 0 Å². The molecule has 1 aromatic rings. The monoisotopic (exact) mass is 231 g/mol. The summed E-state index contributed by atoms with van der Waals surface area (Å²) in [6.07, 6.45) is 5.93. The first kappa shape index (κ1) is 11.2. The van der Waals surface area contributed by atoms with Crippen LogP contribution in [0.3, 0.4) is 0 Å². The molecule has 1 aromatic heterocycles. The molecule has 0 bridgehead atoms. The molecule has 3 heteroatoms. The van der Waals surface area contributed by atoms with Crippen molar-refractivity contribution in [3.63, 3.8) is 0 Å². The molecule has 2 fully saturated rings. The van der Waals surface area contributed by atoms with Crippen molar-refractivity contribution in [3.05, 3.63) is 30.1 Å². The molecule has 1 saturated heterocycles. The van der Waals surface area contributed by atoms with Gasteiger partial charge in [-0.2, -0.15) is 0 Å². The van der Waals surface area contributed by atoms with Crippen molar-refractivity contribution >= 4 is 0 Å². The topological polar surface area (TPSA) is 28.2 Å². The summed E-state index contributed by atoms with van der Waals surface area (Å²) in [4.78, 5) is 7.20. The highest BCUT2D eigenvalue weighted by atomic mass is 15.2. The molecule has 92 valence electrons. The summed E-state index contributed by atoms with van der Waals surface area (Å²) in [6.45, 7) is 5.85. The summed E-state index contributed by atoms with van der Waals surface area (Å²) in [5.41, 5.74) is 1.67. The zero-order chi connectivity index (χ0) is 11.6. The fraction of sp³-hybridized carbons (Fsp3) is 0.643. The van der Waals surface area contributed by atoms with Crippen LogP contribution < -0.4 is 5.32 Å². The van der Waals surface area contributed by atoms with Crippen molar-refractivity contribution in [1.82, 2.24) is 15.2 Å². The van der Waals surface area contributed by atoms with Gasteiger partial charge in [0.15, 0.2) is 0 Å². The zero-order valence-corrected chi connectivity index (χ0v) is 10.4. The van der Waals surface area contributed by atoms with E-state index in [4.69, 9.17) is 0 Å². The van der Waals surface area contributed by atoms with Gasteiger partial charge >= 0.3 is 0 Å². The van der Waals surface area contributed by atoms with E-state index < -0.39 is 0 Å². The number of hydrogen-bond acceptors (Lipinski definition) is 3. The Hall–Kier alpha value is -0.930. The normalized spacial score (nSPS) is 24.2. The van der Waals surface area contributed by atoms with Gasteiger partial charge in [-0.1, -0.05) is 12.5 Å². The first-order chi connectivity index (χ1) is 8.39. The Morgan fingerprint density at radius 3 is 2.65 bits per heavy atom. The van der Waals surface area contributed by atoms with Gasteiger partial charge in [-0.15, -0.1) is 0 Å². The second-order valence-electron chi connectivity index (χ2n) is 5.38. The Labute approximate surface area is 103 Å². The average Bonchev–Trinajstić information content (AvgIpc) is 2.36. The van der Waals surface area contributed by atoms with Gasteiger partial charge in [0.2, 0.25) is 0 Å². The molecule has 3 nitrogen and oxygen atoms in total. The highest BCUT2D eigenvalue weighted by molar-refractivity contribution is 5.21. The third-order valence-corrected chi connectivity index (χ3v) is 4.25. The molecule has 1 aliphatic heterocycles. The molecule has 2 aliphatic rings. The van der Waals surface area contributed by atoms with Gasteiger partial charge in [0.1, 0.15) is 0 Å². The Morgan fingerprint density at radius 1 is 1.24 bits per heavy atom. The van der Waals surface area contributed by atoms with Crippen molar-refractivity contribution in [2.75, 3.05) is 32.7 Å². The maximum atomic E-state index is 4.60.